The fourth-order valence-electron chi connectivity index (χ4n) is 3.77. The lowest BCUT2D eigenvalue weighted by Crippen LogP contribution is -2.46. The minimum Gasteiger partial charge on any atom is -0.480 e. The van der Waals surface area contributed by atoms with Gasteiger partial charge in [0.2, 0.25) is 0 Å². The van der Waals surface area contributed by atoms with Gasteiger partial charge < -0.3 is 10.8 Å². The van der Waals surface area contributed by atoms with Gasteiger partial charge in [0.05, 0.1) is 11.1 Å². The topological polar surface area (TPSA) is 101 Å². The molecule has 0 spiro atoms. The fraction of sp³-hybridized carbons (Fsp3) is 0.174. The lowest BCUT2D eigenvalue weighted by Gasteiger charge is -2.25. The molecule has 2 atom stereocenters. The van der Waals surface area contributed by atoms with E-state index in [0.717, 1.165) is 21.2 Å². The summed E-state index contributed by atoms with van der Waals surface area (Å²) in [5.41, 5.74) is 7.50. The molecule has 7 heteroatoms. The highest BCUT2D eigenvalue weighted by molar-refractivity contribution is 7.99. The second-order valence-corrected chi connectivity index (χ2v) is 8.24. The van der Waals surface area contributed by atoms with Crippen LogP contribution in [0.2, 0.25) is 0 Å². The number of aliphatic carboxylic acids is 1. The summed E-state index contributed by atoms with van der Waals surface area (Å²) in [6, 6.07) is 19.0. The van der Waals surface area contributed by atoms with Crippen LogP contribution in [0.25, 0.3) is 10.8 Å². The normalized spacial score (nSPS) is 15.3. The number of hydrogen-bond acceptors (Lipinski definition) is 5. The van der Waals surface area contributed by atoms with E-state index in [-0.39, 0.29) is 22.1 Å². The van der Waals surface area contributed by atoms with Gasteiger partial charge in [-0.2, -0.15) is 0 Å². The Hall–Kier alpha value is -3.16. The van der Waals surface area contributed by atoms with Crippen molar-refractivity contribution in [3.8, 4) is 0 Å². The van der Waals surface area contributed by atoms with Crippen molar-refractivity contribution in [2.45, 2.75) is 11.3 Å². The minimum absolute atomic E-state index is 0.0475. The number of carboxylic acid groups (broad SMARTS) is 1. The first-order valence-corrected chi connectivity index (χ1v) is 10.6. The van der Waals surface area contributed by atoms with Gasteiger partial charge in [0.25, 0.3) is 11.8 Å². The molecule has 0 fully saturated rings. The summed E-state index contributed by atoms with van der Waals surface area (Å²) in [7, 11) is 0. The molecule has 152 valence electrons. The zero-order valence-corrected chi connectivity index (χ0v) is 16.8. The Morgan fingerprint density at radius 2 is 1.53 bits per heavy atom. The van der Waals surface area contributed by atoms with Crippen LogP contribution in [0.5, 0.6) is 0 Å². The van der Waals surface area contributed by atoms with E-state index in [1.807, 2.05) is 42.5 Å². The zero-order chi connectivity index (χ0) is 21.3. The molecule has 1 aliphatic rings. The predicted molar refractivity (Wildman–Crippen MR) is 117 cm³/mol. The Balaban J connectivity index is 1.59. The van der Waals surface area contributed by atoms with Crippen molar-refractivity contribution in [3.05, 3.63) is 83.4 Å². The third-order valence-electron chi connectivity index (χ3n) is 5.26. The van der Waals surface area contributed by atoms with E-state index in [9.17, 15) is 19.5 Å². The molecule has 3 N–H and O–H groups in total. The number of hydrogen-bond donors (Lipinski definition) is 2. The molecule has 1 heterocycles. The lowest BCUT2D eigenvalue weighted by molar-refractivity contribution is -0.140. The molecule has 1 unspecified atom stereocenters. The van der Waals surface area contributed by atoms with Crippen LogP contribution in [0.3, 0.4) is 0 Å². The number of nitrogens with zero attached hydrogens (tertiary/aromatic N) is 1. The summed E-state index contributed by atoms with van der Waals surface area (Å²) >= 11 is 1.34. The first-order valence-electron chi connectivity index (χ1n) is 9.52. The van der Waals surface area contributed by atoms with Crippen LogP contribution >= 0.6 is 11.8 Å². The van der Waals surface area contributed by atoms with Gasteiger partial charge in [0.1, 0.15) is 6.04 Å². The largest absolute Gasteiger partial charge is 0.480 e. The maximum atomic E-state index is 12.7. The van der Waals surface area contributed by atoms with Crippen LogP contribution in [0, 0.1) is 0 Å². The average Bonchev–Trinajstić information content (AvgIpc) is 3.01. The van der Waals surface area contributed by atoms with Gasteiger partial charge in [0.15, 0.2) is 0 Å². The van der Waals surface area contributed by atoms with Gasteiger partial charge >= 0.3 is 5.97 Å². The summed E-state index contributed by atoms with van der Waals surface area (Å²) in [6.07, 6.45) is 0. The Labute approximate surface area is 177 Å². The van der Waals surface area contributed by atoms with E-state index in [0.29, 0.717) is 6.54 Å². The van der Waals surface area contributed by atoms with Crippen LogP contribution in [0.4, 0.5) is 0 Å². The van der Waals surface area contributed by atoms with Gasteiger partial charge in [-0.1, -0.05) is 54.6 Å². The van der Waals surface area contributed by atoms with E-state index >= 15 is 0 Å². The van der Waals surface area contributed by atoms with Gasteiger partial charge in [-0.3, -0.25) is 14.5 Å². The number of nitrogens with two attached hydrogens (primary N) is 1. The molecule has 0 saturated heterocycles. The minimum atomic E-state index is -1.27. The number of thioether (sulfide) groups is 1. The van der Waals surface area contributed by atoms with Crippen molar-refractivity contribution in [2.24, 2.45) is 5.73 Å². The van der Waals surface area contributed by atoms with Crippen molar-refractivity contribution >= 4 is 40.3 Å². The van der Waals surface area contributed by atoms with E-state index in [4.69, 9.17) is 5.73 Å². The van der Waals surface area contributed by atoms with Crippen LogP contribution in [0.15, 0.2) is 66.7 Å². The standard InChI is InChI=1S/C23H20N2O4S/c24-12-20(16-11-5-7-14-6-1-2-8-15(14)16)30-13-19(23(28)29)25-21(26)17-9-3-4-10-18(17)22(25)27/h1-11,19-20H,12-13,24H2,(H,28,29)/t19-,20?/m0/s1. The molecule has 0 radical (unpaired) electrons. The molecule has 0 aromatic heterocycles. The molecule has 0 aliphatic carbocycles. The third-order valence-corrected chi connectivity index (χ3v) is 6.62. The van der Waals surface area contributed by atoms with Gasteiger partial charge in [-0.05, 0) is 28.5 Å². The second kappa shape index (κ2) is 8.30. The van der Waals surface area contributed by atoms with E-state index in [1.54, 1.807) is 24.3 Å². The molecule has 3 aromatic carbocycles. The molecular formula is C23H20N2O4S. The summed E-state index contributed by atoms with van der Waals surface area (Å²) < 4.78 is 0. The van der Waals surface area contributed by atoms with Gasteiger partial charge in [0, 0.05) is 17.5 Å². The summed E-state index contributed by atoms with van der Waals surface area (Å²) in [6.45, 7) is 0.299. The van der Waals surface area contributed by atoms with E-state index in [1.165, 1.54) is 11.8 Å². The Kier molecular flexibility index (Phi) is 5.57. The van der Waals surface area contributed by atoms with E-state index < -0.39 is 23.8 Å². The number of carboxylic acids is 1. The number of carbonyl (C=O) groups excluding carboxylic acids is 2. The average molecular weight is 420 g/mol. The highest BCUT2D eigenvalue weighted by atomic mass is 32.2. The first kappa shape index (κ1) is 20.1. The maximum absolute atomic E-state index is 12.7. The Morgan fingerprint density at radius 1 is 0.933 bits per heavy atom. The molecule has 30 heavy (non-hydrogen) atoms. The first-order chi connectivity index (χ1) is 14.5. The predicted octanol–water partition coefficient (Wildman–Crippen LogP) is 3.32. The quantitative estimate of drug-likeness (QED) is 0.569. The van der Waals surface area contributed by atoms with Crippen LogP contribution < -0.4 is 5.73 Å². The monoisotopic (exact) mass is 420 g/mol. The summed E-state index contributed by atoms with van der Waals surface area (Å²) in [5.74, 6) is -2.31. The molecule has 6 nitrogen and oxygen atoms in total. The van der Waals surface area contributed by atoms with Crippen molar-refractivity contribution in [1.82, 2.24) is 4.90 Å². The van der Waals surface area contributed by atoms with Crippen molar-refractivity contribution in [3.63, 3.8) is 0 Å². The summed E-state index contributed by atoms with van der Waals surface area (Å²) in [4.78, 5) is 38.3. The molecular weight excluding hydrogens is 400 g/mol. The smallest absolute Gasteiger partial charge is 0.327 e. The number of amides is 2. The summed E-state index contributed by atoms with van der Waals surface area (Å²) in [5, 5.41) is 11.7. The van der Waals surface area contributed by atoms with E-state index in [2.05, 4.69) is 0 Å². The lowest BCUT2D eigenvalue weighted by atomic mass is 10.0. The number of fused-ring (bicyclic) bond motifs is 2. The molecule has 2 amide bonds. The second-order valence-electron chi connectivity index (χ2n) is 7.01. The SMILES string of the molecule is NCC(SC[C@@H](C(=O)O)N1C(=O)c2ccccc2C1=O)c1cccc2ccccc12. The van der Waals surface area contributed by atoms with Crippen molar-refractivity contribution in [2.75, 3.05) is 12.3 Å². The van der Waals surface area contributed by atoms with Crippen LogP contribution in [-0.2, 0) is 4.79 Å². The maximum Gasteiger partial charge on any atom is 0.327 e. The fourth-order valence-corrected chi connectivity index (χ4v) is 5.00. The number of benzene rings is 3. The highest BCUT2D eigenvalue weighted by Gasteiger charge is 2.42. The number of rotatable bonds is 7. The molecule has 4 rings (SSSR count). The Bertz CT molecular complexity index is 1110. The van der Waals surface area contributed by atoms with Crippen molar-refractivity contribution in [1.29, 1.82) is 0 Å². The highest BCUT2D eigenvalue weighted by Crippen LogP contribution is 2.35. The number of carbonyl (C=O) groups is 3. The van der Waals surface area contributed by atoms with Crippen molar-refractivity contribution < 1.29 is 19.5 Å². The van der Waals surface area contributed by atoms with Crippen LogP contribution in [0.1, 0.15) is 31.5 Å². The third kappa shape index (κ3) is 3.46. The Morgan fingerprint density at radius 3 is 2.17 bits per heavy atom. The molecule has 0 bridgehead atoms. The molecule has 3 aromatic rings. The zero-order valence-electron chi connectivity index (χ0n) is 16.0. The molecule has 0 saturated carbocycles. The molecule has 1 aliphatic heterocycles. The van der Waals surface area contributed by atoms with Crippen LogP contribution in [-0.4, -0.2) is 46.1 Å². The van der Waals surface area contributed by atoms with Gasteiger partial charge in [-0.25, -0.2) is 4.79 Å². The number of imide groups is 1. The van der Waals surface area contributed by atoms with Gasteiger partial charge in [-0.15, -0.1) is 11.8 Å².